The number of benzene rings is 1. The van der Waals surface area contributed by atoms with E-state index in [-0.39, 0.29) is 23.6 Å². The number of aromatic nitrogens is 1. The van der Waals surface area contributed by atoms with Crippen LogP contribution in [0.5, 0.6) is 5.75 Å². The van der Waals surface area contributed by atoms with Crippen molar-refractivity contribution in [2.45, 2.75) is 19.8 Å². The zero-order chi connectivity index (χ0) is 20.3. The summed E-state index contributed by atoms with van der Waals surface area (Å²) in [6.07, 6.45) is 3.04. The molecule has 2 aromatic rings. The third-order valence-corrected chi connectivity index (χ3v) is 4.73. The quantitative estimate of drug-likeness (QED) is 0.561. The fraction of sp³-hybridized carbons (Fsp3) is 0.316. The van der Waals surface area contributed by atoms with Crippen LogP contribution in [-0.2, 0) is 4.74 Å². The van der Waals surface area contributed by atoms with Crippen LogP contribution < -0.4 is 10.5 Å². The van der Waals surface area contributed by atoms with E-state index < -0.39 is 17.3 Å². The van der Waals surface area contributed by atoms with Crippen molar-refractivity contribution in [1.29, 1.82) is 0 Å². The maximum atomic E-state index is 12.6. The molecule has 1 aromatic heterocycles. The standard InChI is InChI=1S/C19H19Cl2N3O4/c1-2-28-19(27)15-16(25)14(10-22-13-8-11(20)7-12(21)9-13)18(26)23-17(15)24-5-3-4-6-24/h7-10H,2-6H2,1H3,(H2,23,25,26). The lowest BCUT2D eigenvalue weighted by molar-refractivity contribution is 0.0523. The lowest BCUT2D eigenvalue weighted by atomic mass is 10.1. The molecule has 0 spiro atoms. The summed E-state index contributed by atoms with van der Waals surface area (Å²) in [5.74, 6) is -0.916. The van der Waals surface area contributed by atoms with Crippen molar-refractivity contribution in [3.05, 3.63) is 49.7 Å². The van der Waals surface area contributed by atoms with Gasteiger partial charge in [-0.1, -0.05) is 23.2 Å². The van der Waals surface area contributed by atoms with Gasteiger partial charge in [-0.3, -0.25) is 9.79 Å². The highest BCUT2D eigenvalue weighted by Crippen LogP contribution is 2.31. The van der Waals surface area contributed by atoms with Crippen molar-refractivity contribution in [3.63, 3.8) is 0 Å². The van der Waals surface area contributed by atoms with Crippen LogP contribution >= 0.6 is 23.2 Å². The highest BCUT2D eigenvalue weighted by atomic mass is 35.5. The average Bonchev–Trinajstić information content (AvgIpc) is 3.14. The highest BCUT2D eigenvalue weighted by molar-refractivity contribution is 6.35. The van der Waals surface area contributed by atoms with Gasteiger partial charge in [0.2, 0.25) is 0 Å². The van der Waals surface area contributed by atoms with Gasteiger partial charge in [0.1, 0.15) is 22.7 Å². The maximum absolute atomic E-state index is 12.6. The fourth-order valence-corrected chi connectivity index (χ4v) is 3.55. The second kappa shape index (κ2) is 8.67. The number of hydrogen-bond donors (Lipinski definition) is 2. The first-order chi connectivity index (χ1) is 13.4. The van der Waals surface area contributed by atoms with E-state index in [2.05, 4.69) is 9.98 Å². The van der Waals surface area contributed by atoms with E-state index in [1.54, 1.807) is 25.1 Å². The maximum Gasteiger partial charge on any atom is 0.345 e. The molecule has 0 aliphatic carbocycles. The zero-order valence-electron chi connectivity index (χ0n) is 15.2. The molecule has 0 bridgehead atoms. The van der Waals surface area contributed by atoms with Gasteiger partial charge in [-0.05, 0) is 38.0 Å². The monoisotopic (exact) mass is 423 g/mol. The molecule has 1 aliphatic rings. The minimum absolute atomic E-state index is 0.0751. The summed E-state index contributed by atoms with van der Waals surface area (Å²) < 4.78 is 5.07. The number of halogens is 2. The summed E-state index contributed by atoms with van der Waals surface area (Å²) in [5, 5.41) is 11.5. The predicted octanol–water partition coefficient (Wildman–Crippen LogP) is 3.91. The number of aromatic amines is 1. The van der Waals surface area contributed by atoms with Gasteiger partial charge in [-0.2, -0.15) is 0 Å². The van der Waals surface area contributed by atoms with Crippen molar-refractivity contribution in [2.24, 2.45) is 4.99 Å². The molecule has 9 heteroatoms. The molecule has 3 rings (SSSR count). The number of rotatable bonds is 5. The van der Waals surface area contributed by atoms with Crippen LogP contribution in [0.1, 0.15) is 35.7 Å². The molecular weight excluding hydrogens is 405 g/mol. The first-order valence-corrected chi connectivity index (χ1v) is 9.57. The van der Waals surface area contributed by atoms with Crippen LogP contribution in [0.25, 0.3) is 0 Å². The molecular formula is C19H19Cl2N3O4. The number of anilines is 1. The summed E-state index contributed by atoms with van der Waals surface area (Å²) in [5.41, 5.74) is -0.391. The van der Waals surface area contributed by atoms with E-state index in [0.29, 0.717) is 28.8 Å². The SMILES string of the molecule is CCOC(=O)c1c(N2CCCC2)[nH]c(=O)c(C=Nc2cc(Cl)cc(Cl)c2)c1O. The molecule has 7 nitrogen and oxygen atoms in total. The van der Waals surface area contributed by atoms with Gasteiger partial charge < -0.3 is 19.7 Å². The van der Waals surface area contributed by atoms with Gasteiger partial charge in [-0.25, -0.2) is 4.79 Å². The first-order valence-electron chi connectivity index (χ1n) is 8.82. The number of esters is 1. The van der Waals surface area contributed by atoms with Crippen LogP contribution in [0.4, 0.5) is 11.5 Å². The molecule has 1 aromatic carbocycles. The zero-order valence-corrected chi connectivity index (χ0v) is 16.7. The minimum atomic E-state index is -0.710. The molecule has 148 valence electrons. The Morgan fingerprint density at radius 3 is 2.54 bits per heavy atom. The number of nitrogens with zero attached hydrogens (tertiary/aromatic N) is 2. The van der Waals surface area contributed by atoms with Crippen LogP contribution in [-0.4, -0.2) is 42.0 Å². The molecule has 0 unspecified atom stereocenters. The Kier molecular flexibility index (Phi) is 6.26. The largest absolute Gasteiger partial charge is 0.506 e. The number of pyridine rings is 1. The van der Waals surface area contributed by atoms with E-state index in [1.165, 1.54) is 6.21 Å². The summed E-state index contributed by atoms with van der Waals surface area (Å²) in [6, 6.07) is 4.66. The summed E-state index contributed by atoms with van der Waals surface area (Å²) in [6.45, 7) is 3.16. The lowest BCUT2D eigenvalue weighted by Crippen LogP contribution is -2.27. The highest BCUT2D eigenvalue weighted by Gasteiger charge is 2.27. The number of ether oxygens (including phenoxy) is 1. The molecule has 1 fully saturated rings. The number of H-pyrrole nitrogens is 1. The molecule has 0 saturated carbocycles. The molecule has 0 amide bonds. The van der Waals surface area contributed by atoms with E-state index in [9.17, 15) is 14.7 Å². The van der Waals surface area contributed by atoms with Crippen LogP contribution in [0.15, 0.2) is 28.0 Å². The molecule has 0 atom stereocenters. The second-order valence-electron chi connectivity index (χ2n) is 6.24. The van der Waals surface area contributed by atoms with Crippen LogP contribution in [0, 0.1) is 0 Å². The van der Waals surface area contributed by atoms with E-state index >= 15 is 0 Å². The van der Waals surface area contributed by atoms with E-state index in [0.717, 1.165) is 12.8 Å². The van der Waals surface area contributed by atoms with E-state index in [4.69, 9.17) is 27.9 Å². The average molecular weight is 424 g/mol. The van der Waals surface area contributed by atoms with Gasteiger partial charge in [0.25, 0.3) is 5.56 Å². The number of carbonyl (C=O) groups excluding carboxylic acids is 1. The van der Waals surface area contributed by atoms with E-state index in [1.807, 2.05) is 4.90 Å². The number of carbonyl (C=O) groups is 1. The Bertz CT molecular complexity index is 962. The van der Waals surface area contributed by atoms with Gasteiger partial charge in [-0.15, -0.1) is 0 Å². The molecule has 2 heterocycles. The molecule has 28 heavy (non-hydrogen) atoms. The number of aliphatic imine (C=N–C) groups is 1. The van der Waals surface area contributed by atoms with Crippen molar-refractivity contribution >= 4 is 46.9 Å². The predicted molar refractivity (Wildman–Crippen MR) is 110 cm³/mol. The molecule has 0 radical (unpaired) electrons. The third kappa shape index (κ3) is 4.31. The Balaban J connectivity index is 2.08. The topological polar surface area (TPSA) is 95.0 Å². The summed E-state index contributed by atoms with van der Waals surface area (Å²) >= 11 is 11.9. The van der Waals surface area contributed by atoms with Gasteiger partial charge in [0.05, 0.1) is 12.3 Å². The number of hydrogen-bond acceptors (Lipinski definition) is 6. The minimum Gasteiger partial charge on any atom is -0.506 e. The Hall–Kier alpha value is -2.51. The molecule has 1 aliphatic heterocycles. The van der Waals surface area contributed by atoms with Gasteiger partial charge in [0, 0.05) is 29.3 Å². The van der Waals surface area contributed by atoms with Gasteiger partial charge >= 0.3 is 5.97 Å². The summed E-state index contributed by atoms with van der Waals surface area (Å²) in [4.78, 5) is 33.7. The Morgan fingerprint density at radius 1 is 1.29 bits per heavy atom. The Labute approximate surface area is 171 Å². The summed E-state index contributed by atoms with van der Waals surface area (Å²) in [7, 11) is 0. The number of nitrogens with one attached hydrogen (secondary N) is 1. The molecule has 1 saturated heterocycles. The second-order valence-corrected chi connectivity index (χ2v) is 7.11. The number of aromatic hydroxyl groups is 1. The van der Waals surface area contributed by atoms with Gasteiger partial charge in [0.15, 0.2) is 0 Å². The molecule has 2 N–H and O–H groups in total. The van der Waals surface area contributed by atoms with Crippen molar-refractivity contribution in [3.8, 4) is 5.75 Å². The fourth-order valence-electron chi connectivity index (χ4n) is 3.04. The smallest absolute Gasteiger partial charge is 0.345 e. The third-order valence-electron chi connectivity index (χ3n) is 4.30. The normalized spacial score (nSPS) is 14.0. The Morgan fingerprint density at radius 2 is 1.93 bits per heavy atom. The van der Waals surface area contributed by atoms with Crippen LogP contribution in [0.3, 0.4) is 0 Å². The van der Waals surface area contributed by atoms with Crippen molar-refractivity contribution < 1.29 is 14.6 Å². The lowest BCUT2D eigenvalue weighted by Gasteiger charge is -2.21. The van der Waals surface area contributed by atoms with Crippen LogP contribution in [0.2, 0.25) is 10.0 Å². The van der Waals surface area contributed by atoms with Crippen molar-refractivity contribution in [1.82, 2.24) is 4.98 Å². The van der Waals surface area contributed by atoms with Crippen molar-refractivity contribution in [2.75, 3.05) is 24.6 Å². The first kappa shape index (κ1) is 20.2.